The van der Waals surface area contributed by atoms with Crippen LogP contribution in [0.25, 0.3) is 0 Å². The first kappa shape index (κ1) is 14.4. The van der Waals surface area contributed by atoms with Crippen molar-refractivity contribution in [1.82, 2.24) is 15.3 Å². The first-order chi connectivity index (χ1) is 8.54. The van der Waals surface area contributed by atoms with Crippen molar-refractivity contribution in [3.8, 4) is 0 Å². The van der Waals surface area contributed by atoms with E-state index in [1.54, 1.807) is 20.2 Å². The van der Waals surface area contributed by atoms with Crippen molar-refractivity contribution < 1.29 is 9.53 Å². The Morgan fingerprint density at radius 1 is 1.50 bits per heavy atom. The van der Waals surface area contributed by atoms with Crippen LogP contribution in [0.3, 0.4) is 0 Å². The van der Waals surface area contributed by atoms with Gasteiger partial charge in [-0.3, -0.25) is 9.78 Å². The van der Waals surface area contributed by atoms with Crippen LogP contribution in [0, 0.1) is 13.8 Å². The van der Waals surface area contributed by atoms with Gasteiger partial charge in [0.2, 0.25) is 5.91 Å². The molecule has 0 aliphatic carbocycles. The highest BCUT2D eigenvalue weighted by molar-refractivity contribution is 5.83. The molecule has 6 nitrogen and oxygen atoms in total. The average molecular weight is 252 g/mol. The van der Waals surface area contributed by atoms with Crippen LogP contribution >= 0.6 is 0 Å². The van der Waals surface area contributed by atoms with E-state index < -0.39 is 0 Å². The van der Waals surface area contributed by atoms with E-state index in [1.807, 2.05) is 13.8 Å². The lowest BCUT2D eigenvalue weighted by Gasteiger charge is -2.15. The number of aromatic nitrogens is 2. The smallest absolute Gasteiger partial charge is 0.242 e. The first-order valence-corrected chi connectivity index (χ1v) is 5.88. The summed E-state index contributed by atoms with van der Waals surface area (Å²) in [5, 5.41) is 5.81. The first-order valence-electron chi connectivity index (χ1n) is 5.88. The highest BCUT2D eigenvalue weighted by Crippen LogP contribution is 2.09. The number of rotatable bonds is 6. The molecule has 1 rings (SSSR count). The summed E-state index contributed by atoms with van der Waals surface area (Å²) >= 11 is 0. The Balaban J connectivity index is 2.55. The van der Waals surface area contributed by atoms with E-state index in [9.17, 15) is 4.79 Å². The predicted molar refractivity (Wildman–Crippen MR) is 69.5 cm³/mol. The van der Waals surface area contributed by atoms with Gasteiger partial charge < -0.3 is 15.4 Å². The fraction of sp³-hybridized carbons (Fsp3) is 0.583. The van der Waals surface area contributed by atoms with Gasteiger partial charge in [0.1, 0.15) is 11.9 Å². The van der Waals surface area contributed by atoms with Gasteiger partial charge in [0.25, 0.3) is 0 Å². The Labute approximate surface area is 107 Å². The van der Waals surface area contributed by atoms with Gasteiger partial charge in [-0.05, 0) is 20.8 Å². The standard InChI is InChI=1S/C12H20N4O2/c1-8-7-14-9(2)11(15-8)16-10(3)12(17)13-5-6-18-4/h7,10H,5-6H2,1-4H3,(H,13,17)(H,15,16). The van der Waals surface area contributed by atoms with Crippen LogP contribution in [-0.2, 0) is 9.53 Å². The molecule has 1 amide bonds. The quantitative estimate of drug-likeness (QED) is 0.727. The van der Waals surface area contributed by atoms with Gasteiger partial charge in [-0.25, -0.2) is 4.98 Å². The van der Waals surface area contributed by atoms with Crippen molar-refractivity contribution in [3.63, 3.8) is 0 Å². The molecule has 1 aromatic heterocycles. The lowest BCUT2D eigenvalue weighted by Crippen LogP contribution is -2.39. The Hall–Kier alpha value is -1.69. The summed E-state index contributed by atoms with van der Waals surface area (Å²) in [6.45, 7) is 6.50. The second kappa shape index (κ2) is 6.90. The van der Waals surface area contributed by atoms with Gasteiger partial charge in [0, 0.05) is 19.9 Å². The maximum absolute atomic E-state index is 11.7. The van der Waals surface area contributed by atoms with Gasteiger partial charge in [0.05, 0.1) is 18.0 Å². The van der Waals surface area contributed by atoms with Gasteiger partial charge >= 0.3 is 0 Å². The predicted octanol–water partition coefficient (Wildman–Crippen LogP) is 0.656. The molecule has 0 saturated heterocycles. The number of anilines is 1. The summed E-state index contributed by atoms with van der Waals surface area (Å²) < 4.78 is 4.87. The number of hydrogen-bond donors (Lipinski definition) is 2. The van der Waals surface area contributed by atoms with Crippen molar-refractivity contribution >= 4 is 11.7 Å². The van der Waals surface area contributed by atoms with E-state index in [0.29, 0.717) is 19.0 Å². The van der Waals surface area contributed by atoms with Gasteiger partial charge in [0.15, 0.2) is 0 Å². The summed E-state index contributed by atoms with van der Waals surface area (Å²) in [5.41, 5.74) is 1.59. The molecular formula is C12H20N4O2. The van der Waals surface area contributed by atoms with E-state index in [2.05, 4.69) is 20.6 Å². The Kier molecular flexibility index (Phi) is 5.51. The average Bonchev–Trinajstić information content (AvgIpc) is 2.34. The molecular weight excluding hydrogens is 232 g/mol. The zero-order chi connectivity index (χ0) is 13.5. The fourth-order valence-corrected chi connectivity index (χ4v) is 1.37. The normalized spacial score (nSPS) is 12.0. The van der Waals surface area contributed by atoms with Crippen LogP contribution in [-0.4, -0.2) is 42.2 Å². The number of nitrogens with zero attached hydrogens (tertiary/aromatic N) is 2. The maximum atomic E-state index is 11.7. The monoisotopic (exact) mass is 252 g/mol. The fourth-order valence-electron chi connectivity index (χ4n) is 1.37. The molecule has 100 valence electrons. The van der Waals surface area contributed by atoms with Crippen LogP contribution in [0.1, 0.15) is 18.3 Å². The van der Waals surface area contributed by atoms with E-state index in [1.165, 1.54) is 0 Å². The van der Waals surface area contributed by atoms with Gasteiger partial charge in [-0.15, -0.1) is 0 Å². The second-order valence-corrected chi connectivity index (χ2v) is 4.10. The van der Waals surface area contributed by atoms with Crippen molar-refractivity contribution in [3.05, 3.63) is 17.6 Å². The van der Waals surface area contributed by atoms with Crippen LogP contribution in [0.4, 0.5) is 5.82 Å². The van der Waals surface area contributed by atoms with Crippen molar-refractivity contribution in [2.75, 3.05) is 25.6 Å². The van der Waals surface area contributed by atoms with Crippen molar-refractivity contribution in [2.24, 2.45) is 0 Å². The highest BCUT2D eigenvalue weighted by Gasteiger charge is 2.14. The van der Waals surface area contributed by atoms with E-state index in [-0.39, 0.29) is 11.9 Å². The minimum Gasteiger partial charge on any atom is -0.383 e. The summed E-state index contributed by atoms with van der Waals surface area (Å²) in [6.07, 6.45) is 1.70. The number of nitrogens with one attached hydrogen (secondary N) is 2. The van der Waals surface area contributed by atoms with Crippen LogP contribution in [0.5, 0.6) is 0 Å². The number of amides is 1. The lowest BCUT2D eigenvalue weighted by molar-refractivity contribution is -0.121. The Morgan fingerprint density at radius 2 is 2.22 bits per heavy atom. The molecule has 0 radical (unpaired) electrons. The molecule has 0 aromatic carbocycles. The van der Waals surface area contributed by atoms with Crippen LogP contribution < -0.4 is 10.6 Å². The van der Waals surface area contributed by atoms with Gasteiger partial charge in [-0.2, -0.15) is 0 Å². The Bertz CT molecular complexity index is 409. The Morgan fingerprint density at radius 3 is 2.89 bits per heavy atom. The van der Waals surface area contributed by atoms with E-state index >= 15 is 0 Å². The van der Waals surface area contributed by atoms with E-state index in [0.717, 1.165) is 11.4 Å². The molecule has 18 heavy (non-hydrogen) atoms. The molecule has 2 N–H and O–H groups in total. The third-order valence-electron chi connectivity index (χ3n) is 2.43. The molecule has 0 aliphatic rings. The third-order valence-corrected chi connectivity index (χ3v) is 2.43. The molecule has 0 bridgehead atoms. The number of methoxy groups -OCH3 is 1. The molecule has 1 aromatic rings. The summed E-state index contributed by atoms with van der Waals surface area (Å²) in [5.74, 6) is 0.555. The number of aryl methyl sites for hydroxylation is 2. The summed E-state index contributed by atoms with van der Waals surface area (Å²) in [6, 6.07) is -0.364. The van der Waals surface area contributed by atoms with Gasteiger partial charge in [-0.1, -0.05) is 0 Å². The minimum atomic E-state index is -0.364. The maximum Gasteiger partial charge on any atom is 0.242 e. The number of hydrogen-bond acceptors (Lipinski definition) is 5. The molecule has 0 saturated carbocycles. The number of carbonyl (C=O) groups is 1. The SMILES string of the molecule is COCCNC(=O)C(C)Nc1nc(C)cnc1C. The van der Waals surface area contributed by atoms with Crippen LogP contribution in [0.2, 0.25) is 0 Å². The zero-order valence-corrected chi connectivity index (χ0v) is 11.3. The second-order valence-electron chi connectivity index (χ2n) is 4.10. The molecule has 6 heteroatoms. The third kappa shape index (κ3) is 4.29. The lowest BCUT2D eigenvalue weighted by atomic mass is 10.3. The van der Waals surface area contributed by atoms with Crippen LogP contribution in [0.15, 0.2) is 6.20 Å². The summed E-state index contributed by atoms with van der Waals surface area (Å²) in [7, 11) is 1.60. The topological polar surface area (TPSA) is 76.1 Å². The largest absolute Gasteiger partial charge is 0.383 e. The highest BCUT2D eigenvalue weighted by atomic mass is 16.5. The molecule has 1 unspecified atom stereocenters. The van der Waals surface area contributed by atoms with E-state index in [4.69, 9.17) is 4.74 Å². The molecule has 0 spiro atoms. The van der Waals surface area contributed by atoms with Crippen molar-refractivity contribution in [1.29, 1.82) is 0 Å². The molecule has 1 atom stereocenters. The van der Waals surface area contributed by atoms with Crippen molar-refractivity contribution in [2.45, 2.75) is 26.8 Å². The number of ether oxygens (including phenoxy) is 1. The number of carbonyl (C=O) groups excluding carboxylic acids is 1. The molecule has 0 fully saturated rings. The molecule has 0 aliphatic heterocycles. The minimum absolute atomic E-state index is 0.0882. The molecule has 1 heterocycles. The zero-order valence-electron chi connectivity index (χ0n) is 11.3. The summed E-state index contributed by atoms with van der Waals surface area (Å²) in [4.78, 5) is 20.2.